The summed E-state index contributed by atoms with van der Waals surface area (Å²) in [6, 6.07) is -1.03. The number of nitrogens with zero attached hydrogens (tertiary/aromatic N) is 4. The van der Waals surface area contributed by atoms with Crippen LogP contribution in [0.1, 0.15) is 19.1 Å². The summed E-state index contributed by atoms with van der Waals surface area (Å²) in [6.45, 7) is 0. The number of aliphatic carboxylic acids is 1. The van der Waals surface area contributed by atoms with Gasteiger partial charge in [0.25, 0.3) is 0 Å². The first-order chi connectivity index (χ1) is 12.3. The number of fused-ring (bicyclic) bond motifs is 1. The molecule has 0 aliphatic carbocycles. The number of carbonyl (C=O) groups is 1. The van der Waals surface area contributed by atoms with Crippen LogP contribution in [0.5, 0.6) is 0 Å². The molecule has 7 N–H and O–H groups in total. The summed E-state index contributed by atoms with van der Waals surface area (Å²) < 4.78 is 7.25. The molecule has 0 radical (unpaired) electrons. The largest absolute Gasteiger partial charge is 0.480 e. The molecule has 1 unspecified atom stereocenters. The molecule has 6 atom stereocenters. The highest BCUT2D eigenvalue weighted by Gasteiger charge is 2.46. The van der Waals surface area contributed by atoms with Gasteiger partial charge >= 0.3 is 5.97 Å². The molecular formula is C14H20N6O5S. The number of aliphatic hydroxyl groups is 2. The van der Waals surface area contributed by atoms with Gasteiger partial charge in [-0.3, -0.25) is 9.36 Å². The highest BCUT2D eigenvalue weighted by Crippen LogP contribution is 2.35. The Hall–Kier alpha value is -1.99. The number of rotatable bonds is 6. The Morgan fingerprint density at radius 2 is 2.04 bits per heavy atom. The van der Waals surface area contributed by atoms with Crippen molar-refractivity contribution in [3.05, 3.63) is 12.7 Å². The van der Waals surface area contributed by atoms with Gasteiger partial charge in [-0.1, -0.05) is 0 Å². The van der Waals surface area contributed by atoms with Crippen molar-refractivity contribution >= 4 is 35.6 Å². The number of hydrogen-bond donors (Lipinski definition) is 6. The smallest absolute Gasteiger partial charge is 0.320 e. The first kappa shape index (κ1) is 18.8. The van der Waals surface area contributed by atoms with Crippen LogP contribution in [0.3, 0.4) is 0 Å². The number of aliphatic hydroxyl groups excluding tert-OH is 2. The van der Waals surface area contributed by atoms with Crippen molar-refractivity contribution in [3.63, 3.8) is 0 Å². The Balaban J connectivity index is 1.77. The number of carboxylic acid groups (broad SMARTS) is 1. The number of nitrogen functional groups attached to an aromatic ring is 1. The topological polar surface area (TPSA) is 183 Å². The first-order valence-corrected chi connectivity index (χ1v) is 8.44. The molecule has 0 spiro atoms. The van der Waals surface area contributed by atoms with Gasteiger partial charge in [0.15, 0.2) is 17.7 Å². The lowest BCUT2D eigenvalue weighted by atomic mass is 10.0. The molecule has 1 aliphatic rings. The van der Waals surface area contributed by atoms with E-state index in [1.54, 1.807) is 0 Å². The van der Waals surface area contributed by atoms with Gasteiger partial charge in [0.2, 0.25) is 0 Å². The zero-order chi connectivity index (χ0) is 19.0. The van der Waals surface area contributed by atoms with Gasteiger partial charge in [0, 0.05) is 5.25 Å². The maximum Gasteiger partial charge on any atom is 0.320 e. The van der Waals surface area contributed by atoms with Crippen LogP contribution < -0.4 is 11.5 Å². The van der Waals surface area contributed by atoms with Gasteiger partial charge in [-0.25, -0.2) is 15.0 Å². The normalized spacial score (nSPS) is 28.3. The Kier molecular flexibility index (Phi) is 5.29. The summed E-state index contributed by atoms with van der Waals surface area (Å²) in [5, 5.41) is 29.0. The van der Waals surface area contributed by atoms with Crippen molar-refractivity contribution < 1.29 is 24.9 Å². The lowest BCUT2D eigenvalue weighted by Gasteiger charge is -2.22. The van der Waals surface area contributed by atoms with Gasteiger partial charge in [-0.2, -0.15) is 12.6 Å². The summed E-state index contributed by atoms with van der Waals surface area (Å²) in [6.07, 6.45) is -1.14. The van der Waals surface area contributed by atoms with E-state index in [2.05, 4.69) is 27.6 Å². The molecule has 0 aromatic carbocycles. The molecular weight excluding hydrogens is 364 g/mol. The van der Waals surface area contributed by atoms with Crippen molar-refractivity contribution in [2.45, 2.75) is 48.7 Å². The van der Waals surface area contributed by atoms with Crippen LogP contribution in [-0.4, -0.2) is 70.4 Å². The van der Waals surface area contributed by atoms with Crippen LogP contribution in [0.4, 0.5) is 5.82 Å². The number of ether oxygens (including phenoxy) is 1. The highest BCUT2D eigenvalue weighted by molar-refractivity contribution is 7.81. The summed E-state index contributed by atoms with van der Waals surface area (Å²) in [5.74, 6) is -0.924. The zero-order valence-corrected chi connectivity index (χ0v) is 14.5. The van der Waals surface area contributed by atoms with Crippen LogP contribution in [0.15, 0.2) is 12.7 Å². The number of hydrogen-bond acceptors (Lipinski definition) is 10. The molecule has 26 heavy (non-hydrogen) atoms. The standard InChI is InChI=1S/C14H20N6O5S/c15-5(14(23)24)1-2-6(26)10-8(21)9(22)13(25-10)20-4-19-7-11(16)17-3-18-12(7)20/h3-6,8-10,13,21-22,26H,1-2,15H2,(H,23,24)(H2,16,17,18)/t5?,6-,8-,9+,10+,13-/m0/s1. The molecule has 3 heterocycles. The fourth-order valence-corrected chi connectivity index (χ4v) is 3.32. The van der Waals surface area contributed by atoms with Crippen LogP contribution in [0.25, 0.3) is 11.2 Å². The van der Waals surface area contributed by atoms with Gasteiger partial charge in [0.05, 0.1) is 6.33 Å². The Bertz CT molecular complexity index is 803. The second kappa shape index (κ2) is 7.32. The van der Waals surface area contributed by atoms with Crippen LogP contribution in [0.2, 0.25) is 0 Å². The summed E-state index contributed by atoms with van der Waals surface area (Å²) in [5.41, 5.74) is 11.9. The SMILES string of the molecule is Nc1ncnc2c1ncn2[C@H]1O[C@H]([C@@H](S)CCC(N)C(=O)O)[C@@H](O)[C@H]1O. The van der Waals surface area contributed by atoms with E-state index in [9.17, 15) is 15.0 Å². The minimum atomic E-state index is -1.25. The van der Waals surface area contributed by atoms with Crippen LogP contribution in [0, 0.1) is 0 Å². The van der Waals surface area contributed by atoms with E-state index in [-0.39, 0.29) is 18.7 Å². The molecule has 0 bridgehead atoms. The Morgan fingerprint density at radius 3 is 2.73 bits per heavy atom. The van der Waals surface area contributed by atoms with E-state index in [0.29, 0.717) is 11.2 Å². The van der Waals surface area contributed by atoms with E-state index in [1.165, 1.54) is 17.2 Å². The molecule has 12 heteroatoms. The number of thiol groups is 1. The first-order valence-electron chi connectivity index (χ1n) is 7.92. The number of aromatic nitrogens is 4. The third kappa shape index (κ3) is 3.33. The van der Waals surface area contributed by atoms with Gasteiger partial charge in [-0.05, 0) is 12.8 Å². The summed E-state index contributed by atoms with van der Waals surface area (Å²) in [7, 11) is 0. The maximum absolute atomic E-state index is 10.8. The summed E-state index contributed by atoms with van der Waals surface area (Å²) in [4.78, 5) is 22.9. The zero-order valence-electron chi connectivity index (χ0n) is 13.6. The van der Waals surface area contributed by atoms with E-state index in [4.69, 9.17) is 21.3 Å². The number of imidazole rings is 1. The Morgan fingerprint density at radius 1 is 1.31 bits per heavy atom. The van der Waals surface area contributed by atoms with Crippen molar-refractivity contribution in [1.29, 1.82) is 0 Å². The molecule has 0 saturated carbocycles. The third-order valence-electron chi connectivity index (χ3n) is 4.41. The lowest BCUT2D eigenvalue weighted by Crippen LogP contribution is -2.38. The number of nitrogens with two attached hydrogens (primary N) is 2. The van der Waals surface area contributed by atoms with E-state index < -0.39 is 41.8 Å². The molecule has 0 amide bonds. The lowest BCUT2D eigenvalue weighted by molar-refractivity contribution is -0.138. The second-order valence-electron chi connectivity index (χ2n) is 6.14. The fourth-order valence-electron chi connectivity index (χ4n) is 2.93. The van der Waals surface area contributed by atoms with E-state index in [1.807, 2.05) is 0 Å². The molecule has 3 rings (SSSR count). The Labute approximate surface area is 153 Å². The van der Waals surface area contributed by atoms with Gasteiger partial charge in [-0.15, -0.1) is 0 Å². The minimum absolute atomic E-state index is 0.161. The number of carboxylic acids is 1. The fraction of sp³-hybridized carbons (Fsp3) is 0.571. The monoisotopic (exact) mass is 384 g/mol. The van der Waals surface area contributed by atoms with Crippen molar-refractivity contribution in [3.8, 4) is 0 Å². The molecule has 2 aromatic rings. The van der Waals surface area contributed by atoms with Crippen molar-refractivity contribution in [1.82, 2.24) is 19.5 Å². The third-order valence-corrected chi connectivity index (χ3v) is 4.96. The van der Waals surface area contributed by atoms with Gasteiger partial charge in [0.1, 0.15) is 36.2 Å². The predicted molar refractivity (Wildman–Crippen MR) is 93.3 cm³/mol. The van der Waals surface area contributed by atoms with Crippen molar-refractivity contribution in [2.24, 2.45) is 5.73 Å². The molecule has 1 aliphatic heterocycles. The minimum Gasteiger partial charge on any atom is -0.480 e. The predicted octanol–water partition coefficient (Wildman–Crippen LogP) is -1.48. The molecule has 142 valence electrons. The molecule has 1 fully saturated rings. The quantitative estimate of drug-likeness (QED) is 0.321. The van der Waals surface area contributed by atoms with Crippen LogP contribution in [-0.2, 0) is 9.53 Å². The molecule has 2 aromatic heterocycles. The average Bonchev–Trinajstić information content (AvgIpc) is 3.15. The van der Waals surface area contributed by atoms with Crippen molar-refractivity contribution in [2.75, 3.05) is 5.73 Å². The highest BCUT2D eigenvalue weighted by atomic mass is 32.1. The average molecular weight is 384 g/mol. The molecule has 11 nitrogen and oxygen atoms in total. The van der Waals surface area contributed by atoms with Gasteiger partial charge < -0.3 is 31.5 Å². The second-order valence-corrected chi connectivity index (χ2v) is 6.81. The van der Waals surface area contributed by atoms with Crippen LogP contribution >= 0.6 is 12.6 Å². The number of anilines is 1. The maximum atomic E-state index is 10.8. The van der Waals surface area contributed by atoms with E-state index >= 15 is 0 Å². The molecule has 1 saturated heterocycles. The summed E-state index contributed by atoms with van der Waals surface area (Å²) >= 11 is 4.38. The van der Waals surface area contributed by atoms with E-state index in [0.717, 1.165) is 0 Å².